The van der Waals surface area contributed by atoms with E-state index in [0.29, 0.717) is 34.3 Å². The predicted octanol–water partition coefficient (Wildman–Crippen LogP) is 3.77. The molecule has 0 aliphatic heterocycles. The number of ether oxygens (including phenoxy) is 1. The second-order valence-electron chi connectivity index (χ2n) is 4.62. The summed E-state index contributed by atoms with van der Waals surface area (Å²) in [5.74, 6) is 1.03. The van der Waals surface area contributed by atoms with E-state index in [-0.39, 0.29) is 5.91 Å². The summed E-state index contributed by atoms with van der Waals surface area (Å²) in [5.41, 5.74) is 7.78. The maximum Gasteiger partial charge on any atom is 0.251 e. The van der Waals surface area contributed by atoms with Crippen LogP contribution in [0.5, 0.6) is 11.5 Å². The summed E-state index contributed by atoms with van der Waals surface area (Å²) >= 11 is 5.91. The van der Waals surface area contributed by atoms with Crippen molar-refractivity contribution in [3.8, 4) is 11.5 Å². The first-order valence-electron chi connectivity index (χ1n) is 6.63. The zero-order valence-electron chi connectivity index (χ0n) is 11.9. The van der Waals surface area contributed by atoms with Crippen molar-refractivity contribution < 1.29 is 9.53 Å². The number of rotatable bonds is 4. The highest BCUT2D eigenvalue weighted by atomic mass is 35.5. The van der Waals surface area contributed by atoms with Crippen molar-refractivity contribution >= 4 is 23.2 Å². The van der Waals surface area contributed by atoms with Gasteiger partial charge in [-0.15, -0.1) is 0 Å². The van der Waals surface area contributed by atoms with E-state index in [1.807, 2.05) is 19.9 Å². The molecule has 0 saturated carbocycles. The van der Waals surface area contributed by atoms with Gasteiger partial charge in [-0.25, -0.2) is 0 Å². The number of carbonyl (C=O) groups excluding carboxylic acids is 1. The summed E-state index contributed by atoms with van der Waals surface area (Å²) in [7, 11) is 0. The van der Waals surface area contributed by atoms with Crippen molar-refractivity contribution in [2.75, 3.05) is 12.3 Å². The lowest BCUT2D eigenvalue weighted by molar-refractivity contribution is 0.0956. The van der Waals surface area contributed by atoms with Gasteiger partial charge in [-0.2, -0.15) is 0 Å². The van der Waals surface area contributed by atoms with E-state index in [9.17, 15) is 4.79 Å². The Labute approximate surface area is 128 Å². The maximum absolute atomic E-state index is 11.7. The monoisotopic (exact) mass is 304 g/mol. The van der Waals surface area contributed by atoms with Crippen LogP contribution in [0.1, 0.15) is 22.8 Å². The second-order valence-corrected chi connectivity index (χ2v) is 5.06. The number of anilines is 1. The van der Waals surface area contributed by atoms with E-state index in [4.69, 9.17) is 22.1 Å². The SMILES string of the molecule is CCNC(=O)c1ccc(Oc2ccc(Cl)cc2C)c(N)c1. The molecule has 0 aromatic heterocycles. The molecule has 2 aromatic rings. The van der Waals surface area contributed by atoms with E-state index in [0.717, 1.165) is 5.56 Å². The van der Waals surface area contributed by atoms with E-state index < -0.39 is 0 Å². The molecule has 0 heterocycles. The molecule has 0 spiro atoms. The number of nitrogens with one attached hydrogen (secondary N) is 1. The Morgan fingerprint density at radius 1 is 1.24 bits per heavy atom. The Morgan fingerprint density at radius 3 is 2.57 bits per heavy atom. The van der Waals surface area contributed by atoms with Gasteiger partial charge in [-0.1, -0.05) is 11.6 Å². The minimum absolute atomic E-state index is 0.154. The average molecular weight is 305 g/mol. The molecular weight excluding hydrogens is 288 g/mol. The van der Waals surface area contributed by atoms with Crippen LogP contribution in [0, 0.1) is 6.92 Å². The van der Waals surface area contributed by atoms with Crippen molar-refractivity contribution in [3.05, 3.63) is 52.5 Å². The Kier molecular flexibility index (Phi) is 4.70. The fourth-order valence-electron chi connectivity index (χ4n) is 1.89. The highest BCUT2D eigenvalue weighted by molar-refractivity contribution is 6.30. The minimum Gasteiger partial charge on any atom is -0.455 e. The average Bonchev–Trinajstić information content (AvgIpc) is 2.44. The predicted molar refractivity (Wildman–Crippen MR) is 85.1 cm³/mol. The van der Waals surface area contributed by atoms with Crippen LogP contribution in [0.25, 0.3) is 0 Å². The fourth-order valence-corrected chi connectivity index (χ4v) is 2.12. The van der Waals surface area contributed by atoms with Crippen LogP contribution >= 0.6 is 11.6 Å². The van der Waals surface area contributed by atoms with Crippen LogP contribution in [-0.4, -0.2) is 12.5 Å². The second kappa shape index (κ2) is 6.50. The highest BCUT2D eigenvalue weighted by Crippen LogP contribution is 2.31. The number of hydrogen-bond acceptors (Lipinski definition) is 3. The fraction of sp³-hybridized carbons (Fsp3) is 0.188. The van der Waals surface area contributed by atoms with Gasteiger partial charge >= 0.3 is 0 Å². The number of aryl methyl sites for hydroxylation is 1. The molecule has 0 unspecified atom stereocenters. The maximum atomic E-state index is 11.7. The summed E-state index contributed by atoms with van der Waals surface area (Å²) in [6.07, 6.45) is 0. The Hall–Kier alpha value is -2.20. The third kappa shape index (κ3) is 3.67. The summed E-state index contributed by atoms with van der Waals surface area (Å²) in [6, 6.07) is 10.3. The lowest BCUT2D eigenvalue weighted by atomic mass is 10.1. The number of nitrogen functional groups attached to an aromatic ring is 1. The van der Waals surface area contributed by atoms with Gasteiger partial charge in [0.15, 0.2) is 0 Å². The van der Waals surface area contributed by atoms with E-state index in [1.165, 1.54) is 0 Å². The van der Waals surface area contributed by atoms with Gasteiger partial charge in [0.25, 0.3) is 5.91 Å². The smallest absolute Gasteiger partial charge is 0.251 e. The van der Waals surface area contributed by atoms with E-state index in [1.54, 1.807) is 30.3 Å². The molecule has 0 bridgehead atoms. The molecule has 1 amide bonds. The van der Waals surface area contributed by atoms with Crippen molar-refractivity contribution in [2.24, 2.45) is 0 Å². The molecule has 2 aromatic carbocycles. The molecule has 21 heavy (non-hydrogen) atoms. The van der Waals surface area contributed by atoms with Crippen LogP contribution in [0.15, 0.2) is 36.4 Å². The normalized spacial score (nSPS) is 10.2. The van der Waals surface area contributed by atoms with E-state index >= 15 is 0 Å². The van der Waals surface area contributed by atoms with Gasteiger partial charge in [-0.3, -0.25) is 4.79 Å². The summed E-state index contributed by atoms with van der Waals surface area (Å²) in [4.78, 5) is 11.7. The number of amides is 1. The van der Waals surface area contributed by atoms with Crippen LogP contribution in [0.4, 0.5) is 5.69 Å². The minimum atomic E-state index is -0.154. The molecule has 0 aliphatic carbocycles. The van der Waals surface area contributed by atoms with E-state index in [2.05, 4.69) is 5.32 Å². The third-order valence-corrected chi connectivity index (χ3v) is 3.20. The quantitative estimate of drug-likeness (QED) is 0.845. The number of carbonyl (C=O) groups is 1. The summed E-state index contributed by atoms with van der Waals surface area (Å²) < 4.78 is 5.77. The molecule has 0 saturated heterocycles. The van der Waals surface area contributed by atoms with Crippen LogP contribution in [-0.2, 0) is 0 Å². The van der Waals surface area contributed by atoms with Gasteiger partial charge in [0.2, 0.25) is 0 Å². The molecule has 4 nitrogen and oxygen atoms in total. The zero-order valence-corrected chi connectivity index (χ0v) is 12.7. The first-order chi connectivity index (χ1) is 10.0. The van der Waals surface area contributed by atoms with Crippen LogP contribution in [0.3, 0.4) is 0 Å². The molecule has 0 fully saturated rings. The number of halogens is 1. The van der Waals surface area contributed by atoms with Crippen molar-refractivity contribution in [3.63, 3.8) is 0 Å². The lowest BCUT2D eigenvalue weighted by Crippen LogP contribution is -2.22. The lowest BCUT2D eigenvalue weighted by Gasteiger charge is -2.12. The first-order valence-corrected chi connectivity index (χ1v) is 7.00. The van der Waals surface area contributed by atoms with Gasteiger partial charge in [0.1, 0.15) is 11.5 Å². The van der Waals surface area contributed by atoms with Crippen LogP contribution < -0.4 is 15.8 Å². The van der Waals surface area contributed by atoms with Gasteiger partial charge in [0, 0.05) is 17.1 Å². The Bertz CT molecular complexity index is 671. The summed E-state index contributed by atoms with van der Waals surface area (Å²) in [5, 5.41) is 3.38. The van der Waals surface area contributed by atoms with Crippen molar-refractivity contribution in [2.45, 2.75) is 13.8 Å². The van der Waals surface area contributed by atoms with Gasteiger partial charge in [0.05, 0.1) is 5.69 Å². The molecular formula is C16H17ClN2O2. The van der Waals surface area contributed by atoms with Crippen LogP contribution in [0.2, 0.25) is 5.02 Å². The number of benzene rings is 2. The topological polar surface area (TPSA) is 64.3 Å². The molecule has 110 valence electrons. The highest BCUT2D eigenvalue weighted by Gasteiger charge is 2.10. The van der Waals surface area contributed by atoms with Gasteiger partial charge in [-0.05, 0) is 55.8 Å². The first kappa shape index (κ1) is 15.2. The molecule has 2 rings (SSSR count). The standard InChI is InChI=1S/C16H17ClN2O2/c1-3-19-16(20)11-4-6-15(13(18)9-11)21-14-7-5-12(17)8-10(14)2/h4-9H,3,18H2,1-2H3,(H,19,20). The van der Waals surface area contributed by atoms with Crippen molar-refractivity contribution in [1.29, 1.82) is 0 Å². The Morgan fingerprint density at radius 2 is 1.95 bits per heavy atom. The number of nitrogens with two attached hydrogens (primary N) is 1. The zero-order chi connectivity index (χ0) is 15.4. The summed E-state index contributed by atoms with van der Waals surface area (Å²) in [6.45, 7) is 4.34. The van der Waals surface area contributed by atoms with Gasteiger partial charge < -0.3 is 15.8 Å². The molecule has 5 heteroatoms. The number of hydrogen-bond donors (Lipinski definition) is 2. The Balaban J connectivity index is 2.23. The molecule has 3 N–H and O–H groups in total. The third-order valence-electron chi connectivity index (χ3n) is 2.97. The molecule has 0 radical (unpaired) electrons. The molecule has 0 atom stereocenters. The largest absolute Gasteiger partial charge is 0.455 e. The molecule has 0 aliphatic rings. The van der Waals surface area contributed by atoms with Crippen molar-refractivity contribution in [1.82, 2.24) is 5.32 Å².